The van der Waals surface area contributed by atoms with Crippen LogP contribution in [0, 0.1) is 0 Å². The van der Waals surface area contributed by atoms with Crippen LogP contribution in [-0.2, 0) is 9.53 Å². The van der Waals surface area contributed by atoms with Gasteiger partial charge in [0.05, 0.1) is 6.04 Å². The maximum absolute atomic E-state index is 12.2. The second kappa shape index (κ2) is 15.5. The molecule has 5 nitrogen and oxygen atoms in total. The first-order valence-corrected chi connectivity index (χ1v) is 12.6. The fourth-order valence-corrected chi connectivity index (χ4v) is 4.04. The van der Waals surface area contributed by atoms with E-state index in [0.29, 0.717) is 19.4 Å². The van der Waals surface area contributed by atoms with E-state index in [-0.39, 0.29) is 18.0 Å². The number of unbranched alkanes of at least 4 members (excludes halogenated alkanes) is 12. The zero-order valence-corrected chi connectivity index (χ0v) is 20.3. The molecule has 5 heteroatoms. The first-order valence-electron chi connectivity index (χ1n) is 12.6. The minimum atomic E-state index is -0.497. The normalized spacial score (nSPS) is 17.3. The predicted octanol–water partition coefficient (Wildman–Crippen LogP) is 6.59. The van der Waals surface area contributed by atoms with E-state index in [2.05, 4.69) is 12.2 Å². The molecule has 0 aromatic carbocycles. The van der Waals surface area contributed by atoms with Crippen LogP contribution in [0.1, 0.15) is 124 Å². The van der Waals surface area contributed by atoms with Crippen LogP contribution < -0.4 is 5.32 Å². The van der Waals surface area contributed by atoms with E-state index in [1.165, 1.54) is 77.0 Å². The van der Waals surface area contributed by atoms with E-state index in [9.17, 15) is 9.59 Å². The van der Waals surface area contributed by atoms with Gasteiger partial charge in [-0.2, -0.15) is 0 Å². The van der Waals surface area contributed by atoms with E-state index in [1.807, 2.05) is 25.7 Å². The standard InChI is InChI=1S/C25H48N2O3/c1-5-6-7-8-9-10-11-12-13-14-15-16-17-20-27-21-22(18-19-23(27)28)26-24(29)30-25(2,3)4/h22H,5-21H2,1-4H3,(H,26,29). The molecule has 1 heterocycles. The molecular formula is C25H48N2O3. The van der Waals surface area contributed by atoms with Gasteiger partial charge < -0.3 is 15.0 Å². The van der Waals surface area contributed by atoms with Crippen molar-refractivity contribution in [3.63, 3.8) is 0 Å². The van der Waals surface area contributed by atoms with Gasteiger partial charge in [0.1, 0.15) is 5.60 Å². The molecule has 0 saturated carbocycles. The number of alkyl carbamates (subject to hydrolysis) is 1. The fourth-order valence-electron chi connectivity index (χ4n) is 4.04. The summed E-state index contributed by atoms with van der Waals surface area (Å²) in [5, 5.41) is 2.92. The van der Waals surface area contributed by atoms with E-state index < -0.39 is 5.60 Å². The number of hydrogen-bond acceptors (Lipinski definition) is 3. The highest BCUT2D eigenvalue weighted by Crippen LogP contribution is 2.16. The topological polar surface area (TPSA) is 58.6 Å². The molecular weight excluding hydrogens is 376 g/mol. The second-order valence-electron chi connectivity index (χ2n) is 9.96. The summed E-state index contributed by atoms with van der Waals surface area (Å²) in [6.45, 7) is 9.26. The average Bonchev–Trinajstić information content (AvgIpc) is 2.66. The minimum absolute atomic E-state index is 0.000442. The number of amides is 2. The first-order chi connectivity index (χ1) is 14.3. The summed E-state index contributed by atoms with van der Waals surface area (Å²) in [5.41, 5.74) is -0.497. The van der Waals surface area contributed by atoms with Crippen LogP contribution in [0.15, 0.2) is 0 Å². The van der Waals surface area contributed by atoms with Crippen LogP contribution >= 0.6 is 0 Å². The van der Waals surface area contributed by atoms with Crippen LogP contribution in [-0.4, -0.2) is 41.6 Å². The number of carbonyl (C=O) groups excluding carboxylic acids is 2. The molecule has 0 bridgehead atoms. The van der Waals surface area contributed by atoms with Gasteiger partial charge in [-0.3, -0.25) is 4.79 Å². The summed E-state index contributed by atoms with van der Waals surface area (Å²) < 4.78 is 5.33. The molecule has 1 rings (SSSR count). The van der Waals surface area contributed by atoms with Crippen molar-refractivity contribution in [2.75, 3.05) is 13.1 Å². The van der Waals surface area contributed by atoms with Crippen molar-refractivity contribution in [1.29, 1.82) is 0 Å². The van der Waals surface area contributed by atoms with Crippen molar-refractivity contribution < 1.29 is 14.3 Å². The summed E-state index contributed by atoms with van der Waals surface area (Å²) in [4.78, 5) is 26.1. The highest BCUT2D eigenvalue weighted by molar-refractivity contribution is 5.77. The molecule has 2 amide bonds. The van der Waals surface area contributed by atoms with E-state index >= 15 is 0 Å². The zero-order chi connectivity index (χ0) is 22.2. The molecule has 1 N–H and O–H groups in total. The van der Waals surface area contributed by atoms with E-state index in [1.54, 1.807) is 0 Å². The molecule has 176 valence electrons. The monoisotopic (exact) mass is 424 g/mol. The van der Waals surface area contributed by atoms with Crippen molar-refractivity contribution in [2.45, 2.75) is 136 Å². The van der Waals surface area contributed by atoms with Gasteiger partial charge in [0.25, 0.3) is 0 Å². The number of carbonyl (C=O) groups is 2. The van der Waals surface area contributed by atoms with Crippen molar-refractivity contribution in [1.82, 2.24) is 10.2 Å². The van der Waals surface area contributed by atoms with E-state index in [4.69, 9.17) is 4.74 Å². The Balaban J connectivity index is 2.03. The van der Waals surface area contributed by atoms with E-state index in [0.717, 1.165) is 13.0 Å². The molecule has 0 radical (unpaired) electrons. The number of ether oxygens (including phenoxy) is 1. The molecule has 0 aromatic heterocycles. The second-order valence-corrected chi connectivity index (χ2v) is 9.96. The molecule has 0 aromatic rings. The lowest BCUT2D eigenvalue weighted by molar-refractivity contribution is -0.134. The summed E-state index contributed by atoms with van der Waals surface area (Å²) in [7, 11) is 0. The number of hydrogen-bond donors (Lipinski definition) is 1. The van der Waals surface area contributed by atoms with Crippen molar-refractivity contribution >= 4 is 12.0 Å². The van der Waals surface area contributed by atoms with Crippen LogP contribution in [0.25, 0.3) is 0 Å². The molecule has 1 saturated heterocycles. The molecule has 0 aliphatic carbocycles. The Labute approximate surface area is 185 Å². The molecule has 1 unspecified atom stereocenters. The van der Waals surface area contributed by atoms with Gasteiger partial charge in [-0.25, -0.2) is 4.79 Å². The van der Waals surface area contributed by atoms with Crippen LogP contribution in [0.5, 0.6) is 0 Å². The van der Waals surface area contributed by atoms with Gasteiger partial charge in [-0.15, -0.1) is 0 Å². The average molecular weight is 425 g/mol. The van der Waals surface area contributed by atoms with Crippen molar-refractivity contribution in [2.24, 2.45) is 0 Å². The number of likely N-dealkylation sites (tertiary alicyclic amines) is 1. The van der Waals surface area contributed by atoms with Crippen molar-refractivity contribution in [3.05, 3.63) is 0 Å². The smallest absolute Gasteiger partial charge is 0.407 e. The Morgan fingerprint density at radius 1 is 0.933 bits per heavy atom. The van der Waals surface area contributed by atoms with Crippen LogP contribution in [0.3, 0.4) is 0 Å². The summed E-state index contributed by atoms with van der Waals surface area (Å²) in [5.74, 6) is 0.219. The molecule has 0 spiro atoms. The van der Waals surface area contributed by atoms with Gasteiger partial charge in [-0.05, 0) is 33.6 Å². The molecule has 1 aliphatic rings. The quantitative estimate of drug-likeness (QED) is 0.302. The highest BCUT2D eigenvalue weighted by atomic mass is 16.6. The SMILES string of the molecule is CCCCCCCCCCCCCCCN1CC(NC(=O)OC(C)(C)C)CCC1=O. The lowest BCUT2D eigenvalue weighted by Gasteiger charge is -2.33. The molecule has 30 heavy (non-hydrogen) atoms. The maximum atomic E-state index is 12.2. The predicted molar refractivity (Wildman–Crippen MR) is 125 cm³/mol. The number of nitrogens with one attached hydrogen (secondary N) is 1. The fraction of sp³-hybridized carbons (Fsp3) is 0.920. The Hall–Kier alpha value is -1.26. The van der Waals surface area contributed by atoms with Crippen molar-refractivity contribution in [3.8, 4) is 0 Å². The molecule has 1 aliphatic heterocycles. The Morgan fingerprint density at radius 2 is 1.43 bits per heavy atom. The van der Waals surface area contributed by atoms with Gasteiger partial charge >= 0.3 is 6.09 Å². The van der Waals surface area contributed by atoms with Gasteiger partial charge in [0.2, 0.25) is 5.91 Å². The highest BCUT2D eigenvalue weighted by Gasteiger charge is 2.27. The third-order valence-electron chi connectivity index (χ3n) is 5.75. The zero-order valence-electron chi connectivity index (χ0n) is 20.3. The minimum Gasteiger partial charge on any atom is -0.444 e. The number of piperidine rings is 1. The van der Waals surface area contributed by atoms with Crippen LogP contribution in [0.2, 0.25) is 0 Å². The number of rotatable bonds is 15. The number of nitrogens with zero attached hydrogens (tertiary/aromatic N) is 1. The Bertz CT molecular complexity index is 474. The lowest BCUT2D eigenvalue weighted by atomic mass is 10.0. The Kier molecular flexibility index (Phi) is 13.9. The largest absolute Gasteiger partial charge is 0.444 e. The maximum Gasteiger partial charge on any atom is 0.407 e. The first kappa shape index (κ1) is 26.8. The third kappa shape index (κ3) is 13.9. The van der Waals surface area contributed by atoms with Gasteiger partial charge in [0.15, 0.2) is 0 Å². The van der Waals surface area contributed by atoms with Crippen LogP contribution in [0.4, 0.5) is 4.79 Å². The lowest BCUT2D eigenvalue weighted by Crippen LogP contribution is -2.51. The Morgan fingerprint density at radius 3 is 1.93 bits per heavy atom. The summed E-state index contributed by atoms with van der Waals surface area (Å²) >= 11 is 0. The summed E-state index contributed by atoms with van der Waals surface area (Å²) in [6.07, 6.45) is 18.1. The summed E-state index contributed by atoms with van der Waals surface area (Å²) in [6, 6.07) is -0.000442. The molecule has 1 atom stereocenters. The van der Waals surface area contributed by atoms with Gasteiger partial charge in [0, 0.05) is 19.5 Å². The third-order valence-corrected chi connectivity index (χ3v) is 5.75. The molecule has 1 fully saturated rings. The van der Waals surface area contributed by atoms with Gasteiger partial charge in [-0.1, -0.05) is 84.0 Å².